The number of nitrogens with zero attached hydrogens (tertiary/aromatic N) is 2. The van der Waals surface area contributed by atoms with Gasteiger partial charge in [-0.3, -0.25) is 14.0 Å². The van der Waals surface area contributed by atoms with Crippen molar-refractivity contribution >= 4 is 17.3 Å². The first-order chi connectivity index (χ1) is 13.7. The van der Waals surface area contributed by atoms with Gasteiger partial charge in [-0.05, 0) is 37.0 Å². The van der Waals surface area contributed by atoms with E-state index >= 15 is 0 Å². The molecule has 6 heteroatoms. The Morgan fingerprint density at radius 1 is 1.00 bits per heavy atom. The number of carbonyl (C=O) groups is 2. The van der Waals surface area contributed by atoms with E-state index in [1.54, 1.807) is 10.6 Å². The summed E-state index contributed by atoms with van der Waals surface area (Å²) < 4.78 is 1.69. The Morgan fingerprint density at radius 2 is 1.75 bits per heavy atom. The molecule has 0 spiro atoms. The average Bonchev–Trinajstić information content (AvgIpc) is 3.36. The third kappa shape index (κ3) is 3.91. The molecule has 1 aromatic carbocycles. The molecule has 144 valence electrons. The van der Waals surface area contributed by atoms with Crippen molar-refractivity contribution in [1.82, 2.24) is 20.0 Å². The Hall–Kier alpha value is -3.15. The normalized spacial score (nSPS) is 14.3. The lowest BCUT2D eigenvalue weighted by molar-refractivity contribution is 0.0926. The zero-order valence-electron chi connectivity index (χ0n) is 15.7. The molecule has 28 heavy (non-hydrogen) atoms. The van der Waals surface area contributed by atoms with Crippen LogP contribution >= 0.6 is 0 Å². The molecule has 6 nitrogen and oxygen atoms in total. The molecule has 1 saturated carbocycles. The molecule has 2 N–H and O–H groups in total. The highest BCUT2D eigenvalue weighted by Gasteiger charge is 2.24. The highest BCUT2D eigenvalue weighted by atomic mass is 16.2. The second kappa shape index (κ2) is 8.25. The summed E-state index contributed by atoms with van der Waals surface area (Å²) in [5, 5.41) is 5.97. The van der Waals surface area contributed by atoms with Gasteiger partial charge >= 0.3 is 0 Å². The highest BCUT2D eigenvalue weighted by molar-refractivity contribution is 6.02. The Bertz CT molecular complexity index is 975. The van der Waals surface area contributed by atoms with Crippen molar-refractivity contribution in [3.05, 3.63) is 71.8 Å². The van der Waals surface area contributed by atoms with Crippen LogP contribution in [0.3, 0.4) is 0 Å². The third-order valence-electron chi connectivity index (χ3n) is 5.20. The summed E-state index contributed by atoms with van der Waals surface area (Å²) in [5.74, 6) is -0.230. The van der Waals surface area contributed by atoms with Crippen LogP contribution in [0.2, 0.25) is 0 Å². The number of aromatic nitrogens is 2. The number of imidazole rings is 1. The molecule has 4 rings (SSSR count). The number of carbonyl (C=O) groups excluding carboxylic acids is 2. The molecule has 0 bridgehead atoms. The summed E-state index contributed by atoms with van der Waals surface area (Å²) in [4.78, 5) is 29.8. The molecule has 2 aromatic heterocycles. The first kappa shape index (κ1) is 18.2. The number of amides is 2. The Morgan fingerprint density at radius 3 is 2.54 bits per heavy atom. The largest absolute Gasteiger partial charge is 0.350 e. The number of nitrogens with one attached hydrogen (secondary N) is 2. The van der Waals surface area contributed by atoms with Gasteiger partial charge < -0.3 is 10.6 Å². The lowest BCUT2D eigenvalue weighted by Crippen LogP contribution is -2.34. The minimum absolute atomic E-state index is 0.201. The van der Waals surface area contributed by atoms with Crippen molar-refractivity contribution < 1.29 is 9.59 Å². The zero-order chi connectivity index (χ0) is 19.3. The van der Waals surface area contributed by atoms with Gasteiger partial charge in [0.1, 0.15) is 0 Å². The van der Waals surface area contributed by atoms with E-state index in [1.807, 2.05) is 48.5 Å². The van der Waals surface area contributed by atoms with Gasteiger partial charge in [0, 0.05) is 18.8 Å². The fourth-order valence-corrected chi connectivity index (χ4v) is 3.73. The molecule has 1 aliphatic carbocycles. The van der Waals surface area contributed by atoms with Crippen LogP contribution in [0.15, 0.2) is 54.7 Å². The number of rotatable bonds is 6. The molecule has 3 aromatic rings. The van der Waals surface area contributed by atoms with Gasteiger partial charge in [0.25, 0.3) is 11.8 Å². The minimum atomic E-state index is -0.264. The first-order valence-corrected chi connectivity index (χ1v) is 9.82. The molecule has 1 fully saturated rings. The first-order valence-electron chi connectivity index (χ1n) is 9.82. The number of hydrogen-bond donors (Lipinski definition) is 2. The van der Waals surface area contributed by atoms with Crippen molar-refractivity contribution in [2.45, 2.75) is 38.1 Å². The van der Waals surface area contributed by atoms with Crippen LogP contribution in [0.4, 0.5) is 0 Å². The van der Waals surface area contributed by atoms with Crippen LogP contribution in [0.1, 0.15) is 52.4 Å². The van der Waals surface area contributed by atoms with E-state index in [0.717, 1.165) is 37.7 Å². The Balaban J connectivity index is 1.50. The maximum absolute atomic E-state index is 12.7. The highest BCUT2D eigenvalue weighted by Crippen LogP contribution is 2.19. The minimum Gasteiger partial charge on any atom is -0.350 e. The summed E-state index contributed by atoms with van der Waals surface area (Å²) in [6.07, 6.45) is 6.80. The summed E-state index contributed by atoms with van der Waals surface area (Å²) in [6, 6.07) is 15.7. The van der Waals surface area contributed by atoms with Crippen molar-refractivity contribution in [2.75, 3.05) is 6.54 Å². The van der Waals surface area contributed by atoms with Crippen LogP contribution < -0.4 is 10.6 Å². The van der Waals surface area contributed by atoms with E-state index in [-0.39, 0.29) is 29.4 Å². The van der Waals surface area contributed by atoms with E-state index in [1.165, 1.54) is 0 Å². The number of fused-ring (bicyclic) bond motifs is 1. The fraction of sp³-hybridized carbons (Fsp3) is 0.318. The van der Waals surface area contributed by atoms with Crippen LogP contribution in [-0.2, 0) is 6.42 Å². The van der Waals surface area contributed by atoms with Crippen molar-refractivity contribution in [3.63, 3.8) is 0 Å². The van der Waals surface area contributed by atoms with Crippen LogP contribution in [0, 0.1) is 0 Å². The second-order valence-corrected chi connectivity index (χ2v) is 7.19. The lowest BCUT2D eigenvalue weighted by atomic mass is 10.1. The number of hydrogen-bond acceptors (Lipinski definition) is 3. The predicted molar refractivity (Wildman–Crippen MR) is 107 cm³/mol. The molecule has 0 atom stereocenters. The van der Waals surface area contributed by atoms with Crippen LogP contribution in [0.25, 0.3) is 5.52 Å². The zero-order valence-corrected chi connectivity index (χ0v) is 15.7. The Labute approximate surface area is 164 Å². The van der Waals surface area contributed by atoms with Gasteiger partial charge in [0.15, 0.2) is 5.69 Å². The van der Waals surface area contributed by atoms with Crippen molar-refractivity contribution in [1.29, 1.82) is 0 Å². The molecule has 0 unspecified atom stereocenters. The quantitative estimate of drug-likeness (QED) is 0.694. The van der Waals surface area contributed by atoms with E-state index in [4.69, 9.17) is 0 Å². The van der Waals surface area contributed by atoms with Gasteiger partial charge in [-0.25, -0.2) is 4.98 Å². The number of pyridine rings is 1. The SMILES string of the molecule is O=C(NCCc1ccccc1)c1nc(C(=O)NC2CCCC2)n2ccccc12. The fourth-order valence-electron chi connectivity index (χ4n) is 3.73. The molecule has 0 aliphatic heterocycles. The smallest absolute Gasteiger partial charge is 0.287 e. The summed E-state index contributed by atoms with van der Waals surface area (Å²) >= 11 is 0. The van der Waals surface area contributed by atoms with Gasteiger partial charge in [-0.1, -0.05) is 49.2 Å². The third-order valence-corrected chi connectivity index (χ3v) is 5.20. The molecule has 2 heterocycles. The van der Waals surface area contributed by atoms with Crippen LogP contribution in [0.5, 0.6) is 0 Å². The average molecular weight is 376 g/mol. The predicted octanol–water partition coefficient (Wildman–Crippen LogP) is 2.98. The van der Waals surface area contributed by atoms with E-state index in [9.17, 15) is 9.59 Å². The number of benzene rings is 1. The summed E-state index contributed by atoms with van der Waals surface area (Å²) in [5.41, 5.74) is 2.08. The molecule has 0 radical (unpaired) electrons. The molecule has 2 amide bonds. The molecular formula is C22H24N4O2. The monoisotopic (exact) mass is 376 g/mol. The maximum atomic E-state index is 12.7. The topological polar surface area (TPSA) is 75.5 Å². The lowest BCUT2D eigenvalue weighted by Gasteiger charge is -2.10. The molecule has 0 saturated heterocycles. The summed E-state index contributed by atoms with van der Waals surface area (Å²) in [6.45, 7) is 0.512. The van der Waals surface area contributed by atoms with Crippen molar-refractivity contribution in [2.24, 2.45) is 0 Å². The standard InChI is InChI=1S/C22H24N4O2/c27-21(23-14-13-16-8-2-1-3-9-16)19-18-12-6-7-15-26(18)20(25-19)22(28)24-17-10-4-5-11-17/h1-3,6-9,12,15,17H,4-5,10-11,13-14H2,(H,23,27)(H,24,28). The van der Waals surface area contributed by atoms with Crippen LogP contribution in [-0.4, -0.2) is 33.8 Å². The van der Waals surface area contributed by atoms with Gasteiger partial charge in [0.2, 0.25) is 5.82 Å². The second-order valence-electron chi connectivity index (χ2n) is 7.19. The van der Waals surface area contributed by atoms with Gasteiger partial charge in [-0.15, -0.1) is 0 Å². The van der Waals surface area contributed by atoms with Crippen molar-refractivity contribution in [3.8, 4) is 0 Å². The van der Waals surface area contributed by atoms with E-state index in [0.29, 0.717) is 12.1 Å². The maximum Gasteiger partial charge on any atom is 0.287 e. The molecule has 1 aliphatic rings. The van der Waals surface area contributed by atoms with E-state index < -0.39 is 0 Å². The molecular weight excluding hydrogens is 352 g/mol. The van der Waals surface area contributed by atoms with Gasteiger partial charge in [-0.2, -0.15) is 0 Å². The Kier molecular flexibility index (Phi) is 5.37. The summed E-state index contributed by atoms with van der Waals surface area (Å²) in [7, 11) is 0. The van der Waals surface area contributed by atoms with E-state index in [2.05, 4.69) is 15.6 Å². The van der Waals surface area contributed by atoms with Gasteiger partial charge in [0.05, 0.1) is 5.52 Å².